The van der Waals surface area contributed by atoms with Crippen LogP contribution in [0, 0.1) is 0 Å². The summed E-state index contributed by atoms with van der Waals surface area (Å²) >= 11 is 13.9. The summed E-state index contributed by atoms with van der Waals surface area (Å²) in [5.74, 6) is 1.67. The third-order valence-corrected chi connectivity index (χ3v) is 6.68. The summed E-state index contributed by atoms with van der Waals surface area (Å²) in [4.78, 5) is 4.85. The number of methoxy groups -OCH3 is 1. The zero-order valence-corrected chi connectivity index (χ0v) is 20.0. The van der Waals surface area contributed by atoms with E-state index in [4.69, 9.17) is 37.7 Å². The SMILES string of the molecule is CCOc1cccc(C2NN(Cc3cccc(OC)c3)C(=Nc3ccc(Cl)c(Cl)c3)S2)c1. The van der Waals surface area contributed by atoms with Gasteiger partial charge in [0.25, 0.3) is 0 Å². The van der Waals surface area contributed by atoms with Gasteiger partial charge in [0, 0.05) is 0 Å². The van der Waals surface area contributed by atoms with Gasteiger partial charge in [0.2, 0.25) is 0 Å². The molecule has 0 aromatic heterocycles. The molecule has 32 heavy (non-hydrogen) atoms. The Hall–Kier alpha value is -2.38. The molecular weight excluding hydrogens is 465 g/mol. The van der Waals surface area contributed by atoms with Crippen LogP contribution in [0.25, 0.3) is 0 Å². The first kappa shape index (κ1) is 22.8. The van der Waals surface area contributed by atoms with Gasteiger partial charge in [-0.25, -0.2) is 10.4 Å². The second-order valence-corrected chi connectivity index (χ2v) is 8.95. The van der Waals surface area contributed by atoms with Gasteiger partial charge in [0.1, 0.15) is 16.9 Å². The van der Waals surface area contributed by atoms with Crippen molar-refractivity contribution in [2.75, 3.05) is 13.7 Å². The van der Waals surface area contributed by atoms with Crippen molar-refractivity contribution in [3.05, 3.63) is 87.9 Å². The topological polar surface area (TPSA) is 46.1 Å². The number of hydrazine groups is 1. The van der Waals surface area contributed by atoms with Crippen molar-refractivity contribution < 1.29 is 9.47 Å². The molecule has 3 aromatic carbocycles. The van der Waals surface area contributed by atoms with Gasteiger partial charge in [-0.1, -0.05) is 59.2 Å². The predicted molar refractivity (Wildman–Crippen MR) is 133 cm³/mol. The first-order valence-electron chi connectivity index (χ1n) is 10.2. The highest BCUT2D eigenvalue weighted by Gasteiger charge is 2.30. The largest absolute Gasteiger partial charge is 0.497 e. The number of hydrogen-bond acceptors (Lipinski definition) is 5. The van der Waals surface area contributed by atoms with Crippen LogP contribution < -0.4 is 14.9 Å². The molecular formula is C24H23Cl2N3O2S. The number of nitrogens with one attached hydrogen (secondary N) is 1. The molecule has 1 atom stereocenters. The Morgan fingerprint density at radius 2 is 1.81 bits per heavy atom. The number of ether oxygens (including phenoxy) is 2. The van der Waals surface area contributed by atoms with Crippen molar-refractivity contribution in [3.8, 4) is 11.5 Å². The van der Waals surface area contributed by atoms with Gasteiger partial charge in [0.05, 0.1) is 36.0 Å². The minimum absolute atomic E-state index is 0.0115. The summed E-state index contributed by atoms with van der Waals surface area (Å²) in [6.45, 7) is 3.22. The van der Waals surface area contributed by atoms with E-state index in [0.717, 1.165) is 33.5 Å². The molecule has 1 aliphatic heterocycles. The second kappa shape index (κ2) is 10.5. The van der Waals surface area contributed by atoms with E-state index in [-0.39, 0.29) is 5.37 Å². The summed E-state index contributed by atoms with van der Waals surface area (Å²) in [6.07, 6.45) is 0. The summed E-state index contributed by atoms with van der Waals surface area (Å²) in [6, 6.07) is 21.5. The average molecular weight is 488 g/mol. The number of thioether (sulfide) groups is 1. The fourth-order valence-electron chi connectivity index (χ4n) is 3.29. The van der Waals surface area contributed by atoms with Crippen molar-refractivity contribution in [2.24, 2.45) is 4.99 Å². The fraction of sp³-hybridized carbons (Fsp3) is 0.208. The van der Waals surface area contributed by atoms with Gasteiger partial charge in [0.15, 0.2) is 5.17 Å². The molecule has 4 rings (SSSR count). The number of aliphatic imine (C=N–C) groups is 1. The van der Waals surface area contributed by atoms with Crippen LogP contribution in [-0.4, -0.2) is 23.9 Å². The van der Waals surface area contributed by atoms with Crippen LogP contribution in [0.4, 0.5) is 5.69 Å². The van der Waals surface area contributed by atoms with Crippen LogP contribution in [0.5, 0.6) is 11.5 Å². The maximum Gasteiger partial charge on any atom is 0.181 e. The van der Waals surface area contributed by atoms with Crippen LogP contribution in [0.2, 0.25) is 10.0 Å². The number of hydrogen-bond donors (Lipinski definition) is 1. The van der Waals surface area contributed by atoms with Crippen molar-refractivity contribution >= 4 is 45.8 Å². The van der Waals surface area contributed by atoms with E-state index in [2.05, 4.69) is 23.6 Å². The van der Waals surface area contributed by atoms with Gasteiger partial charge in [-0.3, -0.25) is 5.01 Å². The molecule has 5 nitrogen and oxygen atoms in total. The third-order valence-electron chi connectivity index (χ3n) is 4.80. The van der Waals surface area contributed by atoms with Crippen LogP contribution in [0.1, 0.15) is 23.4 Å². The van der Waals surface area contributed by atoms with E-state index >= 15 is 0 Å². The minimum atomic E-state index is -0.0115. The van der Waals surface area contributed by atoms with E-state index in [9.17, 15) is 0 Å². The second-order valence-electron chi connectivity index (χ2n) is 7.06. The Labute approximate surface area is 202 Å². The van der Waals surface area contributed by atoms with E-state index in [0.29, 0.717) is 23.2 Å². The Morgan fingerprint density at radius 3 is 2.59 bits per heavy atom. The number of amidine groups is 1. The molecule has 3 aromatic rings. The monoisotopic (exact) mass is 487 g/mol. The van der Waals surface area contributed by atoms with Crippen LogP contribution >= 0.6 is 35.0 Å². The summed E-state index contributed by atoms with van der Waals surface area (Å²) < 4.78 is 11.1. The van der Waals surface area contributed by atoms with Crippen molar-refractivity contribution in [1.29, 1.82) is 0 Å². The highest BCUT2D eigenvalue weighted by molar-refractivity contribution is 8.14. The molecule has 0 saturated carbocycles. The maximum atomic E-state index is 6.21. The lowest BCUT2D eigenvalue weighted by molar-refractivity contribution is 0.308. The predicted octanol–water partition coefficient (Wildman–Crippen LogP) is 6.84. The normalized spacial score (nSPS) is 17.1. The molecule has 1 fully saturated rings. The molecule has 0 bridgehead atoms. The minimum Gasteiger partial charge on any atom is -0.497 e. The first-order chi connectivity index (χ1) is 15.6. The molecule has 0 aliphatic carbocycles. The lowest BCUT2D eigenvalue weighted by Crippen LogP contribution is -2.34. The summed E-state index contributed by atoms with van der Waals surface area (Å²) in [5.41, 5.74) is 6.52. The maximum absolute atomic E-state index is 6.21. The van der Waals surface area contributed by atoms with E-state index in [1.54, 1.807) is 31.0 Å². The molecule has 0 amide bonds. The quantitative estimate of drug-likeness (QED) is 0.395. The van der Waals surface area contributed by atoms with Gasteiger partial charge >= 0.3 is 0 Å². The molecule has 1 saturated heterocycles. The zero-order valence-electron chi connectivity index (χ0n) is 17.7. The lowest BCUT2D eigenvalue weighted by Gasteiger charge is -2.20. The number of rotatable bonds is 7. The molecule has 1 unspecified atom stereocenters. The van der Waals surface area contributed by atoms with E-state index in [1.165, 1.54) is 0 Å². The molecule has 1 heterocycles. The fourth-order valence-corrected chi connectivity index (χ4v) is 4.66. The van der Waals surface area contributed by atoms with Gasteiger partial charge in [-0.15, -0.1) is 0 Å². The lowest BCUT2D eigenvalue weighted by atomic mass is 10.2. The Morgan fingerprint density at radius 1 is 1.00 bits per heavy atom. The molecule has 0 radical (unpaired) electrons. The van der Waals surface area contributed by atoms with E-state index in [1.807, 2.05) is 48.3 Å². The van der Waals surface area contributed by atoms with Gasteiger partial charge in [-0.05, 0) is 60.5 Å². The molecule has 1 N–H and O–H groups in total. The highest BCUT2D eigenvalue weighted by Crippen LogP contribution is 2.38. The number of benzene rings is 3. The van der Waals surface area contributed by atoms with Crippen LogP contribution in [0.15, 0.2) is 71.7 Å². The van der Waals surface area contributed by atoms with Crippen LogP contribution in [0.3, 0.4) is 0 Å². The average Bonchev–Trinajstić information content (AvgIpc) is 3.19. The Bertz CT molecular complexity index is 1130. The molecule has 0 spiro atoms. The van der Waals surface area contributed by atoms with Gasteiger partial charge < -0.3 is 9.47 Å². The third kappa shape index (κ3) is 5.51. The Kier molecular flexibility index (Phi) is 7.48. The van der Waals surface area contributed by atoms with Gasteiger partial charge in [-0.2, -0.15) is 0 Å². The first-order valence-corrected chi connectivity index (χ1v) is 11.8. The molecule has 8 heteroatoms. The summed E-state index contributed by atoms with van der Waals surface area (Å²) in [7, 11) is 1.67. The standard InChI is InChI=1S/C24H23Cl2N3O2S/c1-3-31-20-9-5-7-17(13-20)23-28-29(15-16-6-4-8-19(12-16)30-2)24(32-23)27-18-10-11-21(25)22(26)14-18/h4-14,23,28H,3,15H2,1-2H3. The van der Waals surface area contributed by atoms with Crippen molar-refractivity contribution in [2.45, 2.75) is 18.8 Å². The number of halogens is 2. The number of nitrogens with zero attached hydrogens (tertiary/aromatic N) is 2. The van der Waals surface area contributed by atoms with E-state index < -0.39 is 0 Å². The van der Waals surface area contributed by atoms with Crippen molar-refractivity contribution in [3.63, 3.8) is 0 Å². The highest BCUT2D eigenvalue weighted by atomic mass is 35.5. The summed E-state index contributed by atoms with van der Waals surface area (Å²) in [5, 5.41) is 3.84. The zero-order chi connectivity index (χ0) is 22.5. The smallest absolute Gasteiger partial charge is 0.181 e. The van der Waals surface area contributed by atoms with Crippen molar-refractivity contribution in [1.82, 2.24) is 10.4 Å². The Balaban J connectivity index is 1.64. The van der Waals surface area contributed by atoms with Crippen LogP contribution in [-0.2, 0) is 6.54 Å². The molecule has 166 valence electrons. The molecule has 1 aliphatic rings.